The monoisotopic (exact) mass is 782 g/mol. The highest BCUT2D eigenvalue weighted by molar-refractivity contribution is 7.26. The Labute approximate surface area is 353 Å². The van der Waals surface area contributed by atoms with E-state index in [4.69, 9.17) is 9.97 Å². The summed E-state index contributed by atoms with van der Waals surface area (Å²) in [7, 11) is 0. The molecular formula is C57H38N2S. The molecule has 0 saturated heterocycles. The second kappa shape index (κ2) is 14.0. The molecule has 0 aliphatic heterocycles. The van der Waals surface area contributed by atoms with Gasteiger partial charge < -0.3 is 0 Å². The molecule has 2 nitrogen and oxygen atoms in total. The number of thiophene rings is 1. The number of fused-ring (bicyclic) bond motifs is 7. The quantitative estimate of drug-likeness (QED) is 0.168. The molecule has 2 aliphatic rings. The lowest BCUT2D eigenvalue weighted by Crippen LogP contribution is -2.28. The van der Waals surface area contributed by atoms with E-state index in [1.54, 1.807) is 11.3 Å². The van der Waals surface area contributed by atoms with Crippen molar-refractivity contribution in [1.29, 1.82) is 0 Å². The minimum Gasteiger partial charge on any atom is -0.226 e. The molecule has 3 heteroatoms. The fourth-order valence-electron chi connectivity index (χ4n) is 9.94. The molecular weight excluding hydrogens is 745 g/mol. The van der Waals surface area contributed by atoms with Crippen LogP contribution in [0.2, 0.25) is 0 Å². The van der Waals surface area contributed by atoms with Crippen LogP contribution in [-0.4, -0.2) is 9.97 Å². The van der Waals surface area contributed by atoms with E-state index in [0.717, 1.165) is 51.1 Å². The van der Waals surface area contributed by atoms with E-state index in [-0.39, 0.29) is 0 Å². The number of hydrogen-bond acceptors (Lipinski definition) is 3. The zero-order chi connectivity index (χ0) is 39.6. The number of aromatic nitrogens is 2. The molecule has 2 aliphatic carbocycles. The van der Waals surface area contributed by atoms with Gasteiger partial charge in [-0.05, 0) is 104 Å². The molecule has 0 N–H and O–H groups in total. The Balaban J connectivity index is 1.17. The summed E-state index contributed by atoms with van der Waals surface area (Å²) >= 11 is 1.78. The van der Waals surface area contributed by atoms with Crippen LogP contribution in [0.3, 0.4) is 0 Å². The topological polar surface area (TPSA) is 25.8 Å². The Bertz CT molecular complexity index is 3320. The molecule has 0 unspecified atom stereocenters. The van der Waals surface area contributed by atoms with Crippen LogP contribution in [0.15, 0.2) is 206 Å². The fourth-order valence-corrected chi connectivity index (χ4v) is 11.1. The van der Waals surface area contributed by atoms with Gasteiger partial charge in [-0.3, -0.25) is 0 Å². The molecule has 0 spiro atoms. The van der Waals surface area contributed by atoms with E-state index in [1.165, 1.54) is 71.1 Å². The fraction of sp³-hybridized carbons (Fsp3) is 0.0526. The van der Waals surface area contributed by atoms with Crippen LogP contribution in [0.25, 0.3) is 81.5 Å². The summed E-state index contributed by atoms with van der Waals surface area (Å²) in [5.74, 6) is 0.727. The number of nitrogens with zero attached hydrogens (tertiary/aromatic N) is 2. The highest BCUT2D eigenvalue weighted by atomic mass is 32.1. The van der Waals surface area contributed by atoms with Crippen LogP contribution >= 0.6 is 11.3 Å². The molecule has 0 bridgehead atoms. The Kier molecular flexibility index (Phi) is 8.11. The van der Waals surface area contributed by atoms with Crippen molar-refractivity contribution in [3.8, 4) is 44.9 Å². The Morgan fingerprint density at radius 3 is 1.93 bits per heavy atom. The molecule has 2 aromatic heterocycles. The number of rotatable bonds is 6. The van der Waals surface area contributed by atoms with Gasteiger partial charge in [-0.2, -0.15) is 0 Å². The van der Waals surface area contributed by atoms with Crippen molar-refractivity contribution in [1.82, 2.24) is 9.97 Å². The largest absolute Gasteiger partial charge is 0.226 e. The summed E-state index contributed by atoms with van der Waals surface area (Å²) in [5, 5.41) is 3.63. The Morgan fingerprint density at radius 1 is 0.483 bits per heavy atom. The summed E-state index contributed by atoms with van der Waals surface area (Å²) in [6.07, 6.45) is 9.03. The second-order valence-corrected chi connectivity index (χ2v) is 16.9. The van der Waals surface area contributed by atoms with Crippen molar-refractivity contribution in [2.75, 3.05) is 0 Å². The summed E-state index contributed by atoms with van der Waals surface area (Å²) in [5.41, 5.74) is 15.9. The maximum absolute atomic E-state index is 5.56. The molecule has 0 radical (unpaired) electrons. The Morgan fingerprint density at radius 2 is 1.17 bits per heavy atom. The van der Waals surface area contributed by atoms with Crippen molar-refractivity contribution in [3.05, 3.63) is 234 Å². The van der Waals surface area contributed by atoms with Crippen molar-refractivity contribution in [2.45, 2.75) is 18.3 Å². The van der Waals surface area contributed by atoms with Gasteiger partial charge >= 0.3 is 0 Å². The lowest BCUT2D eigenvalue weighted by molar-refractivity contribution is 0.770. The molecule has 8 aromatic carbocycles. The van der Waals surface area contributed by atoms with Crippen LogP contribution < -0.4 is 0 Å². The summed E-state index contributed by atoms with van der Waals surface area (Å²) in [6, 6.07) is 69.0. The van der Waals surface area contributed by atoms with Crippen LogP contribution in [-0.2, 0) is 5.41 Å². The third-order valence-electron chi connectivity index (χ3n) is 12.6. The van der Waals surface area contributed by atoms with Crippen molar-refractivity contribution >= 4 is 48.0 Å². The van der Waals surface area contributed by atoms with E-state index in [0.29, 0.717) is 0 Å². The third-order valence-corrected chi connectivity index (χ3v) is 13.7. The number of hydrogen-bond donors (Lipinski definition) is 0. The predicted molar refractivity (Wildman–Crippen MR) is 252 cm³/mol. The number of allylic oxidation sites excluding steroid dienone is 4. The average molecular weight is 783 g/mol. The van der Waals surface area contributed by atoms with E-state index < -0.39 is 5.41 Å². The minimum absolute atomic E-state index is 0.617. The van der Waals surface area contributed by atoms with E-state index in [2.05, 4.69) is 206 Å². The van der Waals surface area contributed by atoms with Crippen LogP contribution in [0.4, 0.5) is 0 Å². The lowest BCUT2D eigenvalue weighted by atomic mass is 9.67. The maximum atomic E-state index is 5.56. The van der Waals surface area contributed by atoms with Gasteiger partial charge in [0.2, 0.25) is 0 Å². The average Bonchev–Trinajstić information content (AvgIpc) is 3.85. The molecule has 2 heterocycles. The van der Waals surface area contributed by atoms with E-state index in [1.807, 2.05) is 0 Å². The van der Waals surface area contributed by atoms with Gasteiger partial charge in [0.1, 0.15) is 0 Å². The second-order valence-electron chi connectivity index (χ2n) is 15.9. The summed E-state index contributed by atoms with van der Waals surface area (Å²) in [6.45, 7) is 0. The van der Waals surface area contributed by atoms with Gasteiger partial charge in [0.15, 0.2) is 5.82 Å². The van der Waals surface area contributed by atoms with Crippen molar-refractivity contribution in [3.63, 3.8) is 0 Å². The molecule has 0 saturated carbocycles. The Hall–Kier alpha value is -7.20. The normalized spacial score (nSPS) is 14.0. The molecule has 0 amide bonds. The van der Waals surface area contributed by atoms with Crippen LogP contribution in [0, 0.1) is 0 Å². The zero-order valence-electron chi connectivity index (χ0n) is 32.8. The number of benzene rings is 8. The zero-order valence-corrected chi connectivity index (χ0v) is 33.7. The molecule has 0 atom stereocenters. The first kappa shape index (κ1) is 34.8. The first-order chi connectivity index (χ1) is 29.8. The van der Waals surface area contributed by atoms with E-state index in [9.17, 15) is 0 Å². The first-order valence-corrected chi connectivity index (χ1v) is 21.6. The van der Waals surface area contributed by atoms with Crippen LogP contribution in [0.1, 0.15) is 40.7 Å². The summed E-state index contributed by atoms with van der Waals surface area (Å²) in [4.78, 5) is 11.0. The summed E-state index contributed by atoms with van der Waals surface area (Å²) < 4.78 is 2.33. The SMILES string of the molecule is C1=CC(c2cccc(-c3nc(-c4ccc5c(c4)C(c4ccccc4)(c4ccccc4)c4cc6ccccc6c(-c6ccccc6)c4-5)nc4c3sc3ccccc34)c2)=CCC1. The predicted octanol–water partition coefficient (Wildman–Crippen LogP) is 15.1. The molecule has 12 rings (SSSR count). The van der Waals surface area contributed by atoms with Crippen molar-refractivity contribution in [2.24, 2.45) is 0 Å². The van der Waals surface area contributed by atoms with Gasteiger partial charge in [-0.15, -0.1) is 11.3 Å². The molecule has 60 heavy (non-hydrogen) atoms. The standard InChI is InChI=1S/C57H38N2S/c1-5-18-37(19-6-1)39-23-17-24-41(34-39)53-55-54(47-30-15-16-31-50(47)60-55)59-56(58-53)42-32-33-46-48(36-42)57(43-25-9-3-10-26-43,44-27-11-4-12-28-44)49-35-40-22-13-14-29-45(40)51(52(46)49)38-20-7-2-8-21-38/h2-5,7-36H,1,6H2. The van der Waals surface area contributed by atoms with Gasteiger partial charge in [0.05, 0.1) is 21.3 Å². The maximum Gasteiger partial charge on any atom is 0.160 e. The molecule has 0 fully saturated rings. The smallest absolute Gasteiger partial charge is 0.160 e. The van der Waals surface area contributed by atoms with Gasteiger partial charge in [-0.1, -0.05) is 182 Å². The lowest BCUT2D eigenvalue weighted by Gasteiger charge is -2.34. The third kappa shape index (κ3) is 5.33. The minimum atomic E-state index is -0.617. The van der Waals surface area contributed by atoms with Crippen molar-refractivity contribution < 1.29 is 0 Å². The van der Waals surface area contributed by atoms with Crippen LogP contribution in [0.5, 0.6) is 0 Å². The van der Waals surface area contributed by atoms with E-state index >= 15 is 0 Å². The molecule has 10 aromatic rings. The highest BCUT2D eigenvalue weighted by Gasteiger charge is 2.47. The van der Waals surface area contributed by atoms with Gasteiger partial charge in [0.25, 0.3) is 0 Å². The first-order valence-electron chi connectivity index (χ1n) is 20.8. The molecule has 282 valence electrons. The van der Waals surface area contributed by atoms with Gasteiger partial charge in [0, 0.05) is 21.2 Å². The highest BCUT2D eigenvalue weighted by Crippen LogP contribution is 2.60. The van der Waals surface area contributed by atoms with Gasteiger partial charge in [-0.25, -0.2) is 9.97 Å².